The molecule has 16 heavy (non-hydrogen) atoms. The second-order valence-corrected chi connectivity index (χ2v) is 3.98. The van der Waals surface area contributed by atoms with Gasteiger partial charge in [0.2, 0.25) is 0 Å². The van der Waals surface area contributed by atoms with Crippen LogP contribution >= 0.6 is 12.2 Å². The van der Waals surface area contributed by atoms with Crippen LogP contribution in [0.15, 0.2) is 24.3 Å². The van der Waals surface area contributed by atoms with Gasteiger partial charge in [0.25, 0.3) is 0 Å². The minimum absolute atomic E-state index is 0.0556. The summed E-state index contributed by atoms with van der Waals surface area (Å²) in [6.07, 6.45) is -4.37. The Labute approximate surface area is 94.9 Å². The van der Waals surface area contributed by atoms with Crippen LogP contribution in [0.5, 0.6) is 0 Å². The van der Waals surface area contributed by atoms with Crippen LogP contribution in [-0.2, 0) is 6.18 Å². The van der Waals surface area contributed by atoms with E-state index in [4.69, 9.17) is 12.2 Å². The van der Waals surface area contributed by atoms with Crippen LogP contribution in [-0.4, -0.2) is 4.98 Å². The molecule has 1 nitrogen and oxygen atoms in total. The van der Waals surface area contributed by atoms with E-state index in [1.807, 2.05) is 0 Å². The van der Waals surface area contributed by atoms with E-state index < -0.39 is 11.7 Å². The molecular formula is C11H8F3NS. The molecule has 84 valence electrons. The molecule has 0 radical (unpaired) electrons. The second kappa shape index (κ2) is 3.59. The zero-order valence-electron chi connectivity index (χ0n) is 8.35. The van der Waals surface area contributed by atoms with Gasteiger partial charge in [-0.1, -0.05) is 24.4 Å². The quantitative estimate of drug-likeness (QED) is 0.685. The first-order chi connectivity index (χ1) is 7.39. The van der Waals surface area contributed by atoms with E-state index in [2.05, 4.69) is 4.98 Å². The predicted molar refractivity (Wildman–Crippen MR) is 58.9 cm³/mol. The van der Waals surface area contributed by atoms with Gasteiger partial charge in [0.1, 0.15) is 0 Å². The third kappa shape index (κ3) is 1.82. The van der Waals surface area contributed by atoms with Crippen molar-refractivity contribution in [1.29, 1.82) is 0 Å². The van der Waals surface area contributed by atoms with Gasteiger partial charge in [0.15, 0.2) is 0 Å². The predicted octanol–water partition coefficient (Wildman–Crippen LogP) is 4.22. The van der Waals surface area contributed by atoms with Gasteiger partial charge in [0, 0.05) is 15.6 Å². The highest BCUT2D eigenvalue weighted by molar-refractivity contribution is 7.71. The zero-order chi connectivity index (χ0) is 11.9. The Balaban J connectivity index is 2.93. The summed E-state index contributed by atoms with van der Waals surface area (Å²) in [6.45, 7) is 1.68. The lowest BCUT2D eigenvalue weighted by atomic mass is 10.1. The Hall–Kier alpha value is -1.36. The number of para-hydroxylation sites is 1. The standard InChI is InChI=1S/C11H8F3NS/c1-6-5-9(16)7-3-2-4-8(10(7)15-6)11(12,13)14/h2-5H,1H3,(H,15,16). The first-order valence-electron chi connectivity index (χ1n) is 4.59. The summed E-state index contributed by atoms with van der Waals surface area (Å²) in [7, 11) is 0. The molecule has 2 aromatic rings. The molecule has 0 bridgehead atoms. The summed E-state index contributed by atoms with van der Waals surface area (Å²) >= 11 is 5.04. The van der Waals surface area contributed by atoms with Crippen molar-refractivity contribution in [2.45, 2.75) is 13.1 Å². The van der Waals surface area contributed by atoms with Gasteiger partial charge in [-0.15, -0.1) is 0 Å². The fourth-order valence-electron chi connectivity index (χ4n) is 1.64. The summed E-state index contributed by atoms with van der Waals surface area (Å²) in [5, 5.41) is 0.426. The van der Waals surface area contributed by atoms with Crippen molar-refractivity contribution in [1.82, 2.24) is 4.98 Å². The Kier molecular flexibility index (Phi) is 2.50. The van der Waals surface area contributed by atoms with E-state index in [9.17, 15) is 13.2 Å². The maximum atomic E-state index is 12.7. The number of hydrogen-bond donors (Lipinski definition) is 1. The zero-order valence-corrected chi connectivity index (χ0v) is 9.17. The van der Waals surface area contributed by atoms with E-state index in [0.29, 0.717) is 15.6 Å². The average molecular weight is 243 g/mol. The number of benzene rings is 1. The molecule has 1 heterocycles. The molecule has 0 saturated carbocycles. The Morgan fingerprint density at radius 3 is 2.56 bits per heavy atom. The third-order valence-corrected chi connectivity index (χ3v) is 2.64. The van der Waals surface area contributed by atoms with Gasteiger partial charge in [-0.3, -0.25) is 0 Å². The monoisotopic (exact) mass is 243 g/mol. The summed E-state index contributed by atoms with van der Waals surface area (Å²) in [5.41, 5.74) is -0.00556. The highest BCUT2D eigenvalue weighted by Gasteiger charge is 2.32. The maximum Gasteiger partial charge on any atom is 0.418 e. The normalized spacial score (nSPS) is 12.0. The number of hydrogen-bond acceptors (Lipinski definition) is 1. The number of aryl methyl sites for hydroxylation is 1. The molecule has 0 atom stereocenters. The van der Waals surface area contributed by atoms with Crippen LogP contribution in [0, 0.1) is 11.4 Å². The molecule has 1 aromatic carbocycles. The molecule has 1 aromatic heterocycles. The number of nitrogens with one attached hydrogen (secondary N) is 1. The molecule has 1 N–H and O–H groups in total. The summed E-state index contributed by atoms with van der Waals surface area (Å²) < 4.78 is 38.6. The third-order valence-electron chi connectivity index (χ3n) is 2.31. The van der Waals surface area contributed by atoms with E-state index in [1.165, 1.54) is 6.07 Å². The first kappa shape index (κ1) is 11.1. The van der Waals surface area contributed by atoms with Gasteiger partial charge < -0.3 is 4.98 Å². The van der Waals surface area contributed by atoms with Crippen molar-refractivity contribution in [2.24, 2.45) is 0 Å². The highest BCUT2D eigenvalue weighted by atomic mass is 32.1. The number of rotatable bonds is 0. The first-order valence-corrected chi connectivity index (χ1v) is 5.00. The van der Waals surface area contributed by atoms with Crippen LogP contribution < -0.4 is 0 Å². The number of fused-ring (bicyclic) bond motifs is 1. The van der Waals surface area contributed by atoms with Crippen molar-refractivity contribution in [2.75, 3.05) is 0 Å². The number of H-pyrrole nitrogens is 1. The lowest BCUT2D eigenvalue weighted by Crippen LogP contribution is -2.06. The van der Waals surface area contributed by atoms with Crippen LogP contribution in [0.3, 0.4) is 0 Å². The van der Waals surface area contributed by atoms with Crippen molar-refractivity contribution >= 4 is 23.1 Å². The molecule has 0 spiro atoms. The largest absolute Gasteiger partial charge is 0.418 e. The van der Waals surface area contributed by atoms with Gasteiger partial charge in [0.05, 0.1) is 11.1 Å². The van der Waals surface area contributed by atoms with Gasteiger partial charge in [-0.25, -0.2) is 0 Å². The molecule has 0 aliphatic rings. The molecule has 0 unspecified atom stereocenters. The molecule has 2 rings (SSSR count). The minimum Gasteiger partial charge on any atom is -0.358 e. The Bertz CT molecular complexity index is 598. The van der Waals surface area contributed by atoms with E-state index in [1.54, 1.807) is 19.1 Å². The SMILES string of the molecule is Cc1cc(=S)c2cccc(C(F)(F)F)c2[nH]1. The Morgan fingerprint density at radius 1 is 1.25 bits per heavy atom. The number of halogens is 3. The van der Waals surface area contributed by atoms with Crippen molar-refractivity contribution in [3.05, 3.63) is 40.0 Å². The number of pyridine rings is 1. The lowest BCUT2D eigenvalue weighted by molar-refractivity contribution is -0.136. The average Bonchev–Trinajstić information content (AvgIpc) is 2.15. The molecule has 0 amide bonds. The van der Waals surface area contributed by atoms with Crippen molar-refractivity contribution < 1.29 is 13.2 Å². The number of aromatic amines is 1. The number of aromatic nitrogens is 1. The Morgan fingerprint density at radius 2 is 1.94 bits per heavy atom. The van der Waals surface area contributed by atoms with Gasteiger partial charge in [-0.05, 0) is 19.1 Å². The number of alkyl halides is 3. The van der Waals surface area contributed by atoms with E-state index >= 15 is 0 Å². The second-order valence-electron chi connectivity index (χ2n) is 3.54. The van der Waals surface area contributed by atoms with Crippen LogP contribution in [0.25, 0.3) is 10.9 Å². The fourth-order valence-corrected chi connectivity index (χ4v) is 1.98. The molecule has 0 aliphatic heterocycles. The van der Waals surface area contributed by atoms with Crippen LogP contribution in [0.1, 0.15) is 11.3 Å². The van der Waals surface area contributed by atoms with Crippen LogP contribution in [0.2, 0.25) is 0 Å². The molecular weight excluding hydrogens is 235 g/mol. The van der Waals surface area contributed by atoms with Crippen molar-refractivity contribution in [3.8, 4) is 0 Å². The smallest absolute Gasteiger partial charge is 0.358 e. The highest BCUT2D eigenvalue weighted by Crippen LogP contribution is 2.34. The van der Waals surface area contributed by atoms with Crippen LogP contribution in [0.4, 0.5) is 13.2 Å². The fraction of sp³-hybridized carbons (Fsp3) is 0.182. The van der Waals surface area contributed by atoms with E-state index in [0.717, 1.165) is 6.07 Å². The summed E-state index contributed by atoms with van der Waals surface area (Å²) in [4.78, 5) is 2.72. The lowest BCUT2D eigenvalue weighted by Gasteiger charge is -2.10. The molecule has 5 heteroatoms. The van der Waals surface area contributed by atoms with Gasteiger partial charge >= 0.3 is 6.18 Å². The summed E-state index contributed by atoms with van der Waals surface area (Å²) in [6, 6.07) is 5.65. The minimum atomic E-state index is -4.37. The molecule has 0 aliphatic carbocycles. The topological polar surface area (TPSA) is 15.8 Å². The van der Waals surface area contributed by atoms with Gasteiger partial charge in [-0.2, -0.15) is 13.2 Å². The van der Waals surface area contributed by atoms with E-state index in [-0.39, 0.29) is 5.52 Å². The molecule has 0 fully saturated rings. The summed E-state index contributed by atoms with van der Waals surface area (Å²) in [5.74, 6) is 0. The maximum absolute atomic E-state index is 12.7. The van der Waals surface area contributed by atoms with Crippen molar-refractivity contribution in [3.63, 3.8) is 0 Å². The molecule has 0 saturated heterocycles.